The van der Waals surface area contributed by atoms with E-state index in [1.165, 1.54) is 0 Å². The molecule has 0 fully saturated rings. The van der Waals surface area contributed by atoms with Gasteiger partial charge in [0.1, 0.15) is 5.76 Å². The molecule has 0 spiro atoms. The third-order valence-corrected chi connectivity index (χ3v) is 4.05. The van der Waals surface area contributed by atoms with Crippen LogP contribution in [0.15, 0.2) is 53.1 Å². The van der Waals surface area contributed by atoms with Gasteiger partial charge < -0.3 is 15.1 Å². The first-order chi connectivity index (χ1) is 11.3. The van der Waals surface area contributed by atoms with Gasteiger partial charge in [-0.3, -0.25) is 9.59 Å². The van der Waals surface area contributed by atoms with Crippen molar-refractivity contribution in [2.75, 3.05) is 18.8 Å². The monoisotopic (exact) mass is 332 g/mol. The van der Waals surface area contributed by atoms with Crippen LogP contribution in [-0.4, -0.2) is 30.7 Å². The van der Waals surface area contributed by atoms with Gasteiger partial charge in [0.05, 0.1) is 12.0 Å². The van der Waals surface area contributed by atoms with Crippen molar-refractivity contribution in [2.45, 2.75) is 12.2 Å². The Labute approximate surface area is 139 Å². The van der Waals surface area contributed by atoms with Crippen molar-refractivity contribution < 1.29 is 14.0 Å². The summed E-state index contributed by atoms with van der Waals surface area (Å²) in [4.78, 5) is 23.4. The zero-order valence-electron chi connectivity index (χ0n) is 12.8. The SMILES string of the molecule is O=C(CCNC(=O)c1ccccc1)NCCSCc1ccco1. The van der Waals surface area contributed by atoms with Crippen molar-refractivity contribution in [3.8, 4) is 0 Å². The molecule has 122 valence electrons. The number of nitrogens with one attached hydrogen (secondary N) is 2. The number of furan rings is 1. The van der Waals surface area contributed by atoms with Crippen molar-refractivity contribution >= 4 is 23.6 Å². The summed E-state index contributed by atoms with van der Waals surface area (Å²) in [6.07, 6.45) is 1.93. The van der Waals surface area contributed by atoms with E-state index in [0.717, 1.165) is 17.3 Å². The molecule has 2 aromatic rings. The van der Waals surface area contributed by atoms with Crippen LogP contribution in [0, 0.1) is 0 Å². The van der Waals surface area contributed by atoms with Gasteiger partial charge in [-0.2, -0.15) is 11.8 Å². The van der Waals surface area contributed by atoms with Crippen LogP contribution in [0.1, 0.15) is 22.5 Å². The molecule has 1 aromatic carbocycles. The molecular formula is C17H20N2O3S. The third-order valence-electron chi connectivity index (χ3n) is 3.07. The largest absolute Gasteiger partial charge is 0.468 e. The van der Waals surface area contributed by atoms with Crippen LogP contribution in [0.3, 0.4) is 0 Å². The number of carbonyl (C=O) groups excluding carboxylic acids is 2. The van der Waals surface area contributed by atoms with Crippen LogP contribution >= 0.6 is 11.8 Å². The minimum Gasteiger partial charge on any atom is -0.468 e. The molecule has 0 unspecified atom stereocenters. The second-order valence-electron chi connectivity index (χ2n) is 4.85. The molecule has 2 amide bonds. The number of carbonyl (C=O) groups is 2. The third kappa shape index (κ3) is 6.61. The smallest absolute Gasteiger partial charge is 0.251 e. The Bertz CT molecular complexity index is 600. The molecule has 6 heteroatoms. The van der Waals surface area contributed by atoms with Crippen LogP contribution < -0.4 is 10.6 Å². The summed E-state index contributed by atoms with van der Waals surface area (Å²) < 4.78 is 5.22. The number of amides is 2. The van der Waals surface area contributed by atoms with E-state index in [2.05, 4.69) is 10.6 Å². The predicted octanol–water partition coefficient (Wildman–Crippen LogP) is 2.45. The van der Waals surface area contributed by atoms with Crippen molar-refractivity contribution in [1.82, 2.24) is 10.6 Å². The fraction of sp³-hybridized carbons (Fsp3) is 0.294. The van der Waals surface area contributed by atoms with Crippen molar-refractivity contribution in [3.05, 3.63) is 60.1 Å². The van der Waals surface area contributed by atoms with Crippen LogP contribution in [0.2, 0.25) is 0 Å². The number of benzene rings is 1. The molecule has 0 aliphatic rings. The first kappa shape index (κ1) is 17.1. The highest BCUT2D eigenvalue weighted by molar-refractivity contribution is 7.98. The van der Waals surface area contributed by atoms with Gasteiger partial charge in [-0.05, 0) is 24.3 Å². The van der Waals surface area contributed by atoms with E-state index >= 15 is 0 Å². The Hall–Kier alpha value is -2.21. The summed E-state index contributed by atoms with van der Waals surface area (Å²) in [5.74, 6) is 2.34. The van der Waals surface area contributed by atoms with Crippen LogP contribution in [-0.2, 0) is 10.5 Å². The molecule has 0 atom stereocenters. The number of rotatable bonds is 9. The quantitative estimate of drug-likeness (QED) is 0.692. The van der Waals surface area contributed by atoms with Gasteiger partial charge in [-0.1, -0.05) is 18.2 Å². The van der Waals surface area contributed by atoms with Crippen LogP contribution in [0.5, 0.6) is 0 Å². The summed E-state index contributed by atoms with van der Waals surface area (Å²) in [5.41, 5.74) is 0.599. The predicted molar refractivity (Wildman–Crippen MR) is 91.3 cm³/mol. The van der Waals surface area contributed by atoms with Crippen molar-refractivity contribution in [2.24, 2.45) is 0 Å². The summed E-state index contributed by atoms with van der Waals surface area (Å²) in [6, 6.07) is 12.7. The molecule has 1 heterocycles. The minimum absolute atomic E-state index is 0.0584. The maximum Gasteiger partial charge on any atom is 0.251 e. The molecule has 0 bridgehead atoms. The lowest BCUT2D eigenvalue weighted by molar-refractivity contribution is -0.120. The van der Waals surface area contributed by atoms with Crippen LogP contribution in [0.25, 0.3) is 0 Å². The molecule has 5 nitrogen and oxygen atoms in total. The van der Waals surface area contributed by atoms with E-state index in [0.29, 0.717) is 18.7 Å². The Morgan fingerprint density at radius 2 is 1.83 bits per heavy atom. The Morgan fingerprint density at radius 3 is 2.57 bits per heavy atom. The maximum absolute atomic E-state index is 11.8. The molecular weight excluding hydrogens is 312 g/mol. The zero-order valence-corrected chi connectivity index (χ0v) is 13.6. The zero-order chi connectivity index (χ0) is 16.3. The average Bonchev–Trinajstić information content (AvgIpc) is 3.08. The minimum atomic E-state index is -0.160. The molecule has 0 saturated heterocycles. The number of thioether (sulfide) groups is 1. The fourth-order valence-electron chi connectivity index (χ4n) is 1.90. The number of hydrogen-bond donors (Lipinski definition) is 2. The van der Waals surface area contributed by atoms with E-state index in [9.17, 15) is 9.59 Å². The topological polar surface area (TPSA) is 71.3 Å². The lowest BCUT2D eigenvalue weighted by Gasteiger charge is -2.06. The average molecular weight is 332 g/mol. The molecule has 2 rings (SSSR count). The molecule has 0 aliphatic heterocycles. The Kier molecular flexibility index (Phi) is 7.26. The molecule has 1 aromatic heterocycles. The van der Waals surface area contributed by atoms with E-state index in [1.54, 1.807) is 30.2 Å². The van der Waals surface area contributed by atoms with E-state index < -0.39 is 0 Å². The van der Waals surface area contributed by atoms with Gasteiger partial charge in [0.25, 0.3) is 5.91 Å². The van der Waals surface area contributed by atoms with Crippen molar-refractivity contribution in [1.29, 1.82) is 0 Å². The second kappa shape index (κ2) is 9.74. The van der Waals surface area contributed by atoms with Gasteiger partial charge in [0, 0.05) is 30.8 Å². The Balaban J connectivity index is 1.51. The van der Waals surface area contributed by atoms with Crippen molar-refractivity contribution in [3.63, 3.8) is 0 Å². The first-order valence-corrected chi connectivity index (χ1v) is 8.61. The van der Waals surface area contributed by atoms with Crippen LogP contribution in [0.4, 0.5) is 0 Å². The van der Waals surface area contributed by atoms with Gasteiger partial charge in [0.2, 0.25) is 5.91 Å². The van der Waals surface area contributed by atoms with E-state index in [4.69, 9.17) is 4.42 Å². The molecule has 23 heavy (non-hydrogen) atoms. The lowest BCUT2D eigenvalue weighted by atomic mass is 10.2. The van der Waals surface area contributed by atoms with Gasteiger partial charge in [-0.15, -0.1) is 0 Å². The molecule has 0 radical (unpaired) electrons. The van der Waals surface area contributed by atoms with E-state index in [-0.39, 0.29) is 18.2 Å². The number of hydrogen-bond acceptors (Lipinski definition) is 4. The normalized spacial score (nSPS) is 10.3. The highest BCUT2D eigenvalue weighted by Crippen LogP contribution is 2.11. The Morgan fingerprint density at radius 1 is 1.00 bits per heavy atom. The van der Waals surface area contributed by atoms with Gasteiger partial charge in [0.15, 0.2) is 0 Å². The first-order valence-electron chi connectivity index (χ1n) is 7.46. The second-order valence-corrected chi connectivity index (χ2v) is 5.96. The summed E-state index contributed by atoms with van der Waals surface area (Å²) in [6.45, 7) is 0.940. The lowest BCUT2D eigenvalue weighted by Crippen LogP contribution is -2.31. The summed E-state index contributed by atoms with van der Waals surface area (Å²) in [7, 11) is 0. The molecule has 0 aliphatic carbocycles. The summed E-state index contributed by atoms with van der Waals surface area (Å²) in [5, 5.41) is 5.57. The molecule has 0 saturated carbocycles. The van der Waals surface area contributed by atoms with Gasteiger partial charge >= 0.3 is 0 Å². The standard InChI is InChI=1S/C17H20N2O3S/c20-16(18-10-12-23-13-15-7-4-11-22-15)8-9-19-17(21)14-5-2-1-3-6-14/h1-7,11H,8-10,12-13H2,(H,18,20)(H,19,21). The highest BCUT2D eigenvalue weighted by atomic mass is 32.2. The van der Waals surface area contributed by atoms with E-state index in [1.807, 2.05) is 30.3 Å². The maximum atomic E-state index is 11.8. The molecule has 2 N–H and O–H groups in total. The van der Waals surface area contributed by atoms with Gasteiger partial charge in [-0.25, -0.2) is 0 Å². The summed E-state index contributed by atoms with van der Waals surface area (Å²) >= 11 is 1.70. The highest BCUT2D eigenvalue weighted by Gasteiger charge is 2.05. The fourth-order valence-corrected chi connectivity index (χ4v) is 2.66.